The van der Waals surface area contributed by atoms with E-state index in [9.17, 15) is 0 Å². The summed E-state index contributed by atoms with van der Waals surface area (Å²) in [6, 6.07) is 0. The van der Waals surface area contributed by atoms with Gasteiger partial charge in [0.15, 0.2) is 0 Å². The van der Waals surface area contributed by atoms with Crippen molar-refractivity contribution in [2.24, 2.45) is 11.8 Å². The molecule has 2 nitrogen and oxygen atoms in total. The van der Waals surface area contributed by atoms with Crippen LogP contribution in [0.3, 0.4) is 0 Å². The fourth-order valence-electron chi connectivity index (χ4n) is 2.71. The summed E-state index contributed by atoms with van der Waals surface area (Å²) < 4.78 is 0. The summed E-state index contributed by atoms with van der Waals surface area (Å²) in [6.07, 6.45) is 6.94. The van der Waals surface area contributed by atoms with Crippen molar-refractivity contribution in [3.63, 3.8) is 0 Å². The predicted octanol–water partition coefficient (Wildman–Crippen LogP) is 3.13. The SMILES string of the molecule is CCC(C)CC(C)CNCCN1CCCCC1. The Bertz CT molecular complexity index is 176. The molecule has 17 heavy (non-hydrogen) atoms. The molecule has 0 spiro atoms. The molecule has 0 saturated carbocycles. The molecule has 0 amide bonds. The van der Waals surface area contributed by atoms with Crippen LogP contribution in [0.4, 0.5) is 0 Å². The third-order valence-corrected chi connectivity index (χ3v) is 4.05. The van der Waals surface area contributed by atoms with E-state index in [-0.39, 0.29) is 0 Å². The minimum absolute atomic E-state index is 0.825. The summed E-state index contributed by atoms with van der Waals surface area (Å²) in [5, 5.41) is 3.62. The maximum absolute atomic E-state index is 3.62. The molecule has 1 N–H and O–H groups in total. The Hall–Kier alpha value is -0.0800. The van der Waals surface area contributed by atoms with Gasteiger partial charge in [0.1, 0.15) is 0 Å². The zero-order chi connectivity index (χ0) is 12.5. The molecule has 0 aliphatic carbocycles. The second-order valence-electron chi connectivity index (χ2n) is 5.96. The predicted molar refractivity (Wildman–Crippen MR) is 76.4 cm³/mol. The van der Waals surface area contributed by atoms with E-state index < -0.39 is 0 Å². The van der Waals surface area contributed by atoms with E-state index in [0.717, 1.165) is 11.8 Å². The highest BCUT2D eigenvalue weighted by Gasteiger charge is 2.10. The van der Waals surface area contributed by atoms with Crippen LogP contribution < -0.4 is 5.32 Å². The Morgan fingerprint density at radius 1 is 1.06 bits per heavy atom. The number of hydrogen-bond donors (Lipinski definition) is 1. The number of nitrogens with one attached hydrogen (secondary N) is 1. The van der Waals surface area contributed by atoms with Gasteiger partial charge in [-0.2, -0.15) is 0 Å². The lowest BCUT2D eigenvalue weighted by Crippen LogP contribution is -2.37. The largest absolute Gasteiger partial charge is 0.315 e. The van der Waals surface area contributed by atoms with Gasteiger partial charge in [-0.25, -0.2) is 0 Å². The van der Waals surface area contributed by atoms with Crippen molar-refractivity contribution in [1.29, 1.82) is 0 Å². The first-order valence-corrected chi connectivity index (χ1v) is 7.65. The second kappa shape index (κ2) is 8.93. The Labute approximate surface area is 108 Å². The highest BCUT2D eigenvalue weighted by molar-refractivity contribution is 4.67. The Balaban J connectivity index is 1.95. The van der Waals surface area contributed by atoms with Gasteiger partial charge in [-0.15, -0.1) is 0 Å². The van der Waals surface area contributed by atoms with Gasteiger partial charge >= 0.3 is 0 Å². The van der Waals surface area contributed by atoms with Crippen molar-refractivity contribution in [3.05, 3.63) is 0 Å². The summed E-state index contributed by atoms with van der Waals surface area (Å²) in [6.45, 7) is 13.3. The van der Waals surface area contributed by atoms with E-state index in [2.05, 4.69) is 31.0 Å². The zero-order valence-corrected chi connectivity index (χ0v) is 12.2. The fraction of sp³-hybridized carbons (Fsp3) is 1.00. The molecule has 0 aromatic rings. The highest BCUT2D eigenvalue weighted by Crippen LogP contribution is 2.13. The van der Waals surface area contributed by atoms with E-state index in [4.69, 9.17) is 0 Å². The lowest BCUT2D eigenvalue weighted by atomic mass is 9.95. The van der Waals surface area contributed by atoms with Crippen LogP contribution in [0.15, 0.2) is 0 Å². The summed E-state index contributed by atoms with van der Waals surface area (Å²) in [5.41, 5.74) is 0. The van der Waals surface area contributed by atoms with Gasteiger partial charge in [0.05, 0.1) is 0 Å². The van der Waals surface area contributed by atoms with Gasteiger partial charge in [-0.1, -0.05) is 33.6 Å². The van der Waals surface area contributed by atoms with Crippen molar-refractivity contribution >= 4 is 0 Å². The average Bonchev–Trinajstić information content (AvgIpc) is 2.36. The molecule has 2 unspecified atom stereocenters. The van der Waals surface area contributed by atoms with Crippen LogP contribution in [0.5, 0.6) is 0 Å². The molecule has 2 atom stereocenters. The van der Waals surface area contributed by atoms with Crippen LogP contribution in [0, 0.1) is 11.8 Å². The van der Waals surface area contributed by atoms with Crippen molar-refractivity contribution in [1.82, 2.24) is 10.2 Å². The van der Waals surface area contributed by atoms with E-state index in [1.807, 2.05) is 0 Å². The average molecular weight is 240 g/mol. The molecular weight excluding hydrogens is 208 g/mol. The third kappa shape index (κ3) is 7.05. The fourth-order valence-corrected chi connectivity index (χ4v) is 2.71. The minimum atomic E-state index is 0.825. The van der Waals surface area contributed by atoms with E-state index >= 15 is 0 Å². The van der Waals surface area contributed by atoms with Crippen molar-refractivity contribution in [3.8, 4) is 0 Å². The van der Waals surface area contributed by atoms with Crippen molar-refractivity contribution in [2.45, 2.75) is 52.9 Å². The lowest BCUT2D eigenvalue weighted by Gasteiger charge is -2.26. The molecule has 1 aliphatic rings. The molecule has 102 valence electrons. The smallest absolute Gasteiger partial charge is 0.0107 e. The quantitative estimate of drug-likeness (QED) is 0.656. The monoisotopic (exact) mass is 240 g/mol. The summed E-state index contributed by atoms with van der Waals surface area (Å²) >= 11 is 0. The van der Waals surface area contributed by atoms with Gasteiger partial charge < -0.3 is 10.2 Å². The number of likely N-dealkylation sites (tertiary alicyclic amines) is 1. The maximum atomic E-state index is 3.62. The first kappa shape index (κ1) is 15.0. The molecule has 1 saturated heterocycles. The minimum Gasteiger partial charge on any atom is -0.315 e. The van der Waals surface area contributed by atoms with E-state index in [1.54, 1.807) is 0 Å². The van der Waals surface area contributed by atoms with Crippen LogP contribution in [-0.2, 0) is 0 Å². The molecule has 1 rings (SSSR count). The number of hydrogen-bond acceptors (Lipinski definition) is 2. The second-order valence-corrected chi connectivity index (χ2v) is 5.96. The summed E-state index contributed by atoms with van der Waals surface area (Å²) in [5.74, 6) is 1.71. The van der Waals surface area contributed by atoms with Crippen LogP contribution in [0.2, 0.25) is 0 Å². The first-order valence-electron chi connectivity index (χ1n) is 7.65. The molecule has 1 aliphatic heterocycles. The van der Waals surface area contributed by atoms with Crippen LogP contribution in [0.25, 0.3) is 0 Å². The molecule has 0 radical (unpaired) electrons. The molecular formula is C15H32N2. The molecule has 1 fully saturated rings. The van der Waals surface area contributed by atoms with Crippen molar-refractivity contribution < 1.29 is 0 Å². The van der Waals surface area contributed by atoms with Crippen LogP contribution in [0.1, 0.15) is 52.9 Å². The zero-order valence-electron chi connectivity index (χ0n) is 12.2. The van der Waals surface area contributed by atoms with Gasteiger partial charge in [-0.3, -0.25) is 0 Å². The molecule has 0 bridgehead atoms. The molecule has 2 heteroatoms. The topological polar surface area (TPSA) is 15.3 Å². The molecule has 1 heterocycles. The normalized spacial score (nSPS) is 21.4. The Morgan fingerprint density at radius 3 is 2.41 bits per heavy atom. The van der Waals surface area contributed by atoms with Gasteiger partial charge in [0.25, 0.3) is 0 Å². The van der Waals surface area contributed by atoms with Crippen molar-refractivity contribution in [2.75, 3.05) is 32.7 Å². The summed E-state index contributed by atoms with van der Waals surface area (Å²) in [4.78, 5) is 2.61. The number of nitrogens with zero attached hydrogens (tertiary/aromatic N) is 1. The molecule has 0 aromatic heterocycles. The van der Waals surface area contributed by atoms with Gasteiger partial charge in [0.2, 0.25) is 0 Å². The van der Waals surface area contributed by atoms with Crippen LogP contribution >= 0.6 is 0 Å². The maximum Gasteiger partial charge on any atom is 0.0107 e. The van der Waals surface area contributed by atoms with Crippen LogP contribution in [-0.4, -0.2) is 37.6 Å². The third-order valence-electron chi connectivity index (χ3n) is 4.05. The number of rotatable bonds is 8. The Morgan fingerprint density at radius 2 is 1.76 bits per heavy atom. The Kier molecular flexibility index (Phi) is 7.87. The first-order chi connectivity index (χ1) is 8.22. The van der Waals surface area contributed by atoms with E-state index in [1.165, 1.54) is 64.8 Å². The summed E-state index contributed by atoms with van der Waals surface area (Å²) in [7, 11) is 0. The number of piperidine rings is 1. The highest BCUT2D eigenvalue weighted by atomic mass is 15.1. The van der Waals surface area contributed by atoms with Gasteiger partial charge in [-0.05, 0) is 50.7 Å². The van der Waals surface area contributed by atoms with Gasteiger partial charge in [0, 0.05) is 13.1 Å². The van der Waals surface area contributed by atoms with E-state index in [0.29, 0.717) is 0 Å². The lowest BCUT2D eigenvalue weighted by molar-refractivity contribution is 0.227. The molecule has 0 aromatic carbocycles. The standard InChI is InChI=1S/C15H32N2/c1-4-14(2)12-15(3)13-16-8-11-17-9-6-5-7-10-17/h14-16H,4-13H2,1-3H3.